The highest BCUT2D eigenvalue weighted by atomic mass is 16.2. The fourth-order valence-corrected chi connectivity index (χ4v) is 1.29. The van der Waals surface area contributed by atoms with Gasteiger partial charge in [0, 0.05) is 19.5 Å². The van der Waals surface area contributed by atoms with Gasteiger partial charge in [-0.15, -0.1) is 0 Å². The van der Waals surface area contributed by atoms with Gasteiger partial charge in [-0.25, -0.2) is 0 Å². The van der Waals surface area contributed by atoms with Crippen molar-refractivity contribution in [3.63, 3.8) is 0 Å². The van der Waals surface area contributed by atoms with E-state index < -0.39 is 0 Å². The van der Waals surface area contributed by atoms with Crippen LogP contribution in [0.15, 0.2) is 0 Å². The van der Waals surface area contributed by atoms with Crippen molar-refractivity contribution in [3.05, 3.63) is 0 Å². The number of nitrogens with one attached hydrogen (secondary N) is 1. The van der Waals surface area contributed by atoms with Gasteiger partial charge in [0.05, 0.1) is 6.54 Å². The second kappa shape index (κ2) is 8.13. The second-order valence-electron chi connectivity index (χ2n) is 4.17. The molecule has 4 heteroatoms. The summed E-state index contributed by atoms with van der Waals surface area (Å²) in [4.78, 5) is 24.5. The first-order valence-corrected chi connectivity index (χ1v) is 6.06. The Morgan fingerprint density at radius 3 is 2.38 bits per heavy atom. The Morgan fingerprint density at radius 1 is 1.31 bits per heavy atom. The van der Waals surface area contributed by atoms with Crippen LogP contribution in [-0.4, -0.2) is 35.8 Å². The Morgan fingerprint density at radius 2 is 1.94 bits per heavy atom. The molecule has 0 bridgehead atoms. The molecule has 2 amide bonds. The predicted molar refractivity (Wildman–Crippen MR) is 65.1 cm³/mol. The summed E-state index contributed by atoms with van der Waals surface area (Å²) in [6, 6.07) is 0.174. The molecule has 0 spiro atoms. The van der Waals surface area contributed by atoms with Gasteiger partial charge in [0.1, 0.15) is 0 Å². The van der Waals surface area contributed by atoms with Crippen LogP contribution in [0.5, 0.6) is 0 Å². The largest absolute Gasteiger partial charge is 0.352 e. The quantitative estimate of drug-likeness (QED) is 0.718. The Balaban J connectivity index is 4.07. The minimum absolute atomic E-state index is 0.0345. The minimum atomic E-state index is -0.0688. The normalized spacial score (nSPS) is 12.0. The zero-order valence-corrected chi connectivity index (χ0v) is 10.9. The molecule has 0 heterocycles. The third-order valence-electron chi connectivity index (χ3n) is 2.58. The van der Waals surface area contributed by atoms with E-state index in [0.29, 0.717) is 6.54 Å². The maximum Gasteiger partial charge on any atom is 0.239 e. The molecular weight excluding hydrogens is 204 g/mol. The highest BCUT2D eigenvalue weighted by Gasteiger charge is 2.13. The molecular formula is C12H24N2O2. The van der Waals surface area contributed by atoms with Crippen LogP contribution in [0.2, 0.25) is 0 Å². The average molecular weight is 228 g/mol. The number of rotatable bonds is 7. The molecule has 0 saturated heterocycles. The van der Waals surface area contributed by atoms with Crippen molar-refractivity contribution in [2.45, 2.75) is 53.0 Å². The van der Waals surface area contributed by atoms with E-state index in [-0.39, 0.29) is 24.4 Å². The Kier molecular flexibility index (Phi) is 7.60. The third kappa shape index (κ3) is 6.43. The second-order valence-corrected chi connectivity index (χ2v) is 4.17. The lowest BCUT2D eigenvalue weighted by Crippen LogP contribution is -2.42. The Labute approximate surface area is 98.4 Å². The topological polar surface area (TPSA) is 49.4 Å². The zero-order chi connectivity index (χ0) is 12.6. The molecule has 1 unspecified atom stereocenters. The van der Waals surface area contributed by atoms with Crippen molar-refractivity contribution >= 4 is 11.8 Å². The van der Waals surface area contributed by atoms with Crippen molar-refractivity contribution in [2.24, 2.45) is 0 Å². The summed E-state index contributed by atoms with van der Waals surface area (Å²) < 4.78 is 0. The monoisotopic (exact) mass is 228 g/mol. The van der Waals surface area contributed by atoms with Crippen LogP contribution in [0.3, 0.4) is 0 Å². The first-order valence-electron chi connectivity index (χ1n) is 6.06. The standard InChI is InChI=1S/C12H24N2O2/c1-5-7-8-14(11(4)15)9-12(16)13-10(3)6-2/h10H,5-9H2,1-4H3,(H,13,16). The lowest BCUT2D eigenvalue weighted by Gasteiger charge is -2.21. The summed E-state index contributed by atoms with van der Waals surface area (Å²) in [5.74, 6) is -0.103. The van der Waals surface area contributed by atoms with E-state index in [9.17, 15) is 9.59 Å². The third-order valence-corrected chi connectivity index (χ3v) is 2.58. The molecule has 0 aromatic carbocycles. The highest BCUT2D eigenvalue weighted by Crippen LogP contribution is 1.96. The van der Waals surface area contributed by atoms with Gasteiger partial charge in [0.15, 0.2) is 0 Å². The summed E-state index contributed by atoms with van der Waals surface area (Å²) in [5.41, 5.74) is 0. The maximum atomic E-state index is 11.6. The molecule has 0 radical (unpaired) electrons. The molecule has 0 aliphatic carbocycles. The molecule has 0 aromatic rings. The molecule has 0 rings (SSSR count). The van der Waals surface area contributed by atoms with E-state index in [1.54, 1.807) is 4.90 Å². The van der Waals surface area contributed by atoms with Crippen LogP contribution in [0.4, 0.5) is 0 Å². The summed E-state index contributed by atoms with van der Waals surface area (Å²) in [6.07, 6.45) is 2.87. The molecule has 94 valence electrons. The van der Waals surface area contributed by atoms with Gasteiger partial charge in [-0.2, -0.15) is 0 Å². The summed E-state index contributed by atoms with van der Waals surface area (Å²) in [6.45, 7) is 8.40. The molecule has 1 atom stereocenters. The first-order chi connectivity index (χ1) is 7.51. The number of hydrogen-bond acceptors (Lipinski definition) is 2. The van der Waals surface area contributed by atoms with E-state index in [4.69, 9.17) is 0 Å². The highest BCUT2D eigenvalue weighted by molar-refractivity contribution is 5.83. The lowest BCUT2D eigenvalue weighted by atomic mass is 10.2. The van der Waals surface area contributed by atoms with Crippen LogP contribution < -0.4 is 5.32 Å². The average Bonchev–Trinajstić information content (AvgIpc) is 2.23. The van der Waals surface area contributed by atoms with Crippen LogP contribution in [0.1, 0.15) is 47.0 Å². The van der Waals surface area contributed by atoms with E-state index >= 15 is 0 Å². The molecule has 0 fully saturated rings. The van der Waals surface area contributed by atoms with E-state index in [1.807, 2.05) is 13.8 Å². The van der Waals surface area contributed by atoms with Gasteiger partial charge >= 0.3 is 0 Å². The number of hydrogen-bond donors (Lipinski definition) is 1. The maximum absolute atomic E-state index is 11.6. The van der Waals surface area contributed by atoms with Gasteiger partial charge < -0.3 is 10.2 Å². The Bertz CT molecular complexity index is 229. The van der Waals surface area contributed by atoms with Gasteiger partial charge in [-0.3, -0.25) is 9.59 Å². The zero-order valence-electron chi connectivity index (χ0n) is 10.9. The predicted octanol–water partition coefficient (Wildman–Crippen LogP) is 1.55. The molecule has 0 aromatic heterocycles. The number of nitrogens with zero attached hydrogens (tertiary/aromatic N) is 1. The number of carbonyl (C=O) groups is 2. The fourth-order valence-electron chi connectivity index (χ4n) is 1.29. The number of carbonyl (C=O) groups excluding carboxylic acids is 2. The minimum Gasteiger partial charge on any atom is -0.352 e. The summed E-state index contributed by atoms with van der Waals surface area (Å²) in [5, 5.41) is 2.86. The van der Waals surface area contributed by atoms with Gasteiger partial charge in [0.2, 0.25) is 11.8 Å². The van der Waals surface area contributed by atoms with Crippen molar-refractivity contribution in [3.8, 4) is 0 Å². The number of unbranched alkanes of at least 4 members (excludes halogenated alkanes) is 1. The SMILES string of the molecule is CCCCN(CC(=O)NC(C)CC)C(C)=O. The van der Waals surface area contributed by atoms with Crippen molar-refractivity contribution < 1.29 is 9.59 Å². The summed E-state index contributed by atoms with van der Waals surface area (Å²) in [7, 11) is 0. The van der Waals surface area contributed by atoms with Crippen molar-refractivity contribution in [2.75, 3.05) is 13.1 Å². The molecule has 0 aliphatic rings. The van der Waals surface area contributed by atoms with Crippen LogP contribution in [-0.2, 0) is 9.59 Å². The fraction of sp³-hybridized carbons (Fsp3) is 0.833. The Hall–Kier alpha value is -1.06. The van der Waals surface area contributed by atoms with Gasteiger partial charge in [-0.1, -0.05) is 20.3 Å². The van der Waals surface area contributed by atoms with Gasteiger partial charge in [-0.05, 0) is 19.8 Å². The molecule has 1 N–H and O–H groups in total. The lowest BCUT2D eigenvalue weighted by molar-refractivity contribution is -0.134. The van der Waals surface area contributed by atoms with E-state index in [0.717, 1.165) is 19.3 Å². The smallest absolute Gasteiger partial charge is 0.239 e. The summed E-state index contributed by atoms with van der Waals surface area (Å²) >= 11 is 0. The number of amides is 2. The molecule has 0 aliphatic heterocycles. The van der Waals surface area contributed by atoms with E-state index in [2.05, 4.69) is 12.2 Å². The van der Waals surface area contributed by atoms with Crippen molar-refractivity contribution in [1.29, 1.82) is 0 Å². The van der Waals surface area contributed by atoms with Crippen LogP contribution in [0, 0.1) is 0 Å². The first kappa shape index (κ1) is 14.9. The van der Waals surface area contributed by atoms with Crippen LogP contribution >= 0.6 is 0 Å². The molecule has 16 heavy (non-hydrogen) atoms. The van der Waals surface area contributed by atoms with E-state index in [1.165, 1.54) is 6.92 Å². The molecule has 4 nitrogen and oxygen atoms in total. The van der Waals surface area contributed by atoms with Gasteiger partial charge in [0.25, 0.3) is 0 Å². The van der Waals surface area contributed by atoms with Crippen molar-refractivity contribution in [1.82, 2.24) is 10.2 Å². The molecule has 0 saturated carbocycles. The van der Waals surface area contributed by atoms with Crippen LogP contribution in [0.25, 0.3) is 0 Å².